The highest BCUT2D eigenvalue weighted by Crippen LogP contribution is 2.21. The maximum atomic E-state index is 13.4. The lowest BCUT2D eigenvalue weighted by molar-refractivity contribution is 0.628. The first-order valence-electron chi connectivity index (χ1n) is 8.82. The number of benzene rings is 3. The van der Waals surface area contributed by atoms with Crippen molar-refractivity contribution in [1.29, 1.82) is 0 Å². The molecule has 0 heterocycles. The number of halogens is 2. The van der Waals surface area contributed by atoms with Gasteiger partial charge in [-0.15, -0.1) is 0 Å². The Morgan fingerprint density at radius 2 is 1.38 bits per heavy atom. The van der Waals surface area contributed by atoms with Crippen LogP contribution in [0.25, 0.3) is 11.1 Å². The van der Waals surface area contributed by atoms with Crippen molar-refractivity contribution in [1.82, 2.24) is 0 Å². The van der Waals surface area contributed by atoms with Crippen LogP contribution in [0, 0.1) is 17.7 Å². The molecule has 0 aliphatic heterocycles. The summed E-state index contributed by atoms with van der Waals surface area (Å²) in [5.41, 5.74) is 5.25. The van der Waals surface area contributed by atoms with Crippen molar-refractivity contribution in [3.05, 3.63) is 94.3 Å². The van der Waals surface area contributed by atoms with Crippen LogP contribution in [-0.2, 0) is 6.42 Å². The number of aryl methyl sites for hydroxylation is 1. The molecule has 0 bridgehead atoms. The third-order valence-electron chi connectivity index (χ3n) is 4.26. The third kappa shape index (κ3) is 4.75. The zero-order valence-corrected chi connectivity index (χ0v) is 15.5. The lowest BCUT2D eigenvalue weighted by Crippen LogP contribution is -1.85. The summed E-state index contributed by atoms with van der Waals surface area (Å²) in [6, 6.07) is 21.4. The highest BCUT2D eigenvalue weighted by molar-refractivity contribution is 6.30. The molecule has 0 spiro atoms. The minimum absolute atomic E-state index is 0.112. The van der Waals surface area contributed by atoms with Gasteiger partial charge in [-0.25, -0.2) is 4.39 Å². The highest BCUT2D eigenvalue weighted by Gasteiger charge is 2.00. The van der Waals surface area contributed by atoms with E-state index in [0.29, 0.717) is 5.56 Å². The first kappa shape index (κ1) is 18.2. The van der Waals surface area contributed by atoms with Crippen LogP contribution in [-0.4, -0.2) is 0 Å². The van der Waals surface area contributed by atoms with E-state index in [1.54, 1.807) is 6.07 Å². The minimum Gasteiger partial charge on any atom is -0.205 e. The standard InChI is InChI=1S/C24H20ClF/c1-2-3-4-18-7-12-21(13-8-18)22-14-9-19(10-15-22)5-6-20-11-16-23(25)24(26)17-20/h7-17H,2-4H2,1H3. The molecule has 0 atom stereocenters. The SMILES string of the molecule is CCCCc1ccc(-c2ccc(C#Cc3ccc(Cl)c(F)c3)cc2)cc1. The maximum Gasteiger partial charge on any atom is 0.143 e. The fraction of sp³-hybridized carbons (Fsp3) is 0.167. The normalized spacial score (nSPS) is 10.3. The quantitative estimate of drug-likeness (QED) is 0.443. The summed E-state index contributed by atoms with van der Waals surface area (Å²) in [6.07, 6.45) is 3.58. The van der Waals surface area contributed by atoms with Gasteiger partial charge in [0.2, 0.25) is 0 Å². The molecule has 2 heteroatoms. The van der Waals surface area contributed by atoms with Crippen LogP contribution in [0.5, 0.6) is 0 Å². The van der Waals surface area contributed by atoms with Gasteiger partial charge in [-0.3, -0.25) is 0 Å². The van der Waals surface area contributed by atoms with Crippen molar-refractivity contribution in [2.24, 2.45) is 0 Å². The Balaban J connectivity index is 1.72. The van der Waals surface area contributed by atoms with Crippen LogP contribution in [0.2, 0.25) is 5.02 Å². The molecule has 130 valence electrons. The summed E-state index contributed by atoms with van der Waals surface area (Å²) in [7, 11) is 0. The lowest BCUT2D eigenvalue weighted by Gasteiger charge is -2.04. The Labute approximate surface area is 159 Å². The van der Waals surface area contributed by atoms with Crippen LogP contribution in [0.3, 0.4) is 0 Å². The molecule has 3 aromatic carbocycles. The summed E-state index contributed by atoms with van der Waals surface area (Å²) in [5.74, 6) is 5.58. The fourth-order valence-corrected chi connectivity index (χ4v) is 2.83. The van der Waals surface area contributed by atoms with Gasteiger partial charge in [-0.2, -0.15) is 0 Å². The summed E-state index contributed by atoms with van der Waals surface area (Å²) < 4.78 is 13.4. The molecule has 0 amide bonds. The molecule has 0 saturated heterocycles. The van der Waals surface area contributed by atoms with Crippen molar-refractivity contribution < 1.29 is 4.39 Å². The van der Waals surface area contributed by atoms with Gasteiger partial charge in [-0.05, 0) is 59.9 Å². The lowest BCUT2D eigenvalue weighted by atomic mass is 10.0. The van der Waals surface area contributed by atoms with E-state index in [1.807, 2.05) is 12.1 Å². The van der Waals surface area contributed by atoms with Crippen molar-refractivity contribution in [2.75, 3.05) is 0 Å². The van der Waals surface area contributed by atoms with Crippen LogP contribution in [0.15, 0.2) is 66.7 Å². The molecule has 0 aromatic heterocycles. The van der Waals surface area contributed by atoms with Gasteiger partial charge in [-0.1, -0.05) is 73.2 Å². The van der Waals surface area contributed by atoms with Crippen LogP contribution in [0.4, 0.5) is 4.39 Å². The average molecular weight is 363 g/mol. The first-order valence-corrected chi connectivity index (χ1v) is 9.20. The molecule has 26 heavy (non-hydrogen) atoms. The molecule has 3 rings (SSSR count). The van der Waals surface area contributed by atoms with Gasteiger partial charge in [0.25, 0.3) is 0 Å². The van der Waals surface area contributed by atoms with E-state index in [2.05, 4.69) is 55.2 Å². The van der Waals surface area contributed by atoms with Crippen LogP contribution >= 0.6 is 11.6 Å². The van der Waals surface area contributed by atoms with Crippen molar-refractivity contribution in [3.8, 4) is 23.0 Å². The van der Waals surface area contributed by atoms with Gasteiger partial charge in [0.1, 0.15) is 5.82 Å². The maximum absolute atomic E-state index is 13.4. The zero-order valence-electron chi connectivity index (χ0n) is 14.7. The predicted octanol–water partition coefficient (Wildman–Crippen LogP) is 6.89. The Bertz CT molecular complexity index is 929. The van der Waals surface area contributed by atoms with Crippen molar-refractivity contribution in [2.45, 2.75) is 26.2 Å². The molecular formula is C24H20ClF. The van der Waals surface area contributed by atoms with Crippen LogP contribution < -0.4 is 0 Å². The number of hydrogen-bond donors (Lipinski definition) is 0. The molecule has 0 saturated carbocycles. The zero-order chi connectivity index (χ0) is 18.4. The van der Waals surface area contributed by atoms with Gasteiger partial charge in [0.15, 0.2) is 0 Å². The number of hydrogen-bond acceptors (Lipinski definition) is 0. The monoisotopic (exact) mass is 362 g/mol. The molecule has 0 nitrogen and oxygen atoms in total. The molecule has 0 fully saturated rings. The van der Waals surface area contributed by atoms with Crippen molar-refractivity contribution in [3.63, 3.8) is 0 Å². The molecule has 0 N–H and O–H groups in total. The van der Waals surface area contributed by atoms with E-state index in [4.69, 9.17) is 11.6 Å². The minimum atomic E-state index is -0.448. The van der Waals surface area contributed by atoms with E-state index in [1.165, 1.54) is 36.1 Å². The van der Waals surface area contributed by atoms with Crippen molar-refractivity contribution >= 4 is 11.6 Å². The second-order valence-corrected chi connectivity index (χ2v) is 6.66. The number of unbranched alkanes of at least 4 members (excludes halogenated alkanes) is 1. The van der Waals surface area contributed by atoms with Crippen LogP contribution in [0.1, 0.15) is 36.5 Å². The Morgan fingerprint density at radius 3 is 2.00 bits per heavy atom. The Morgan fingerprint density at radius 1 is 0.808 bits per heavy atom. The van der Waals surface area contributed by atoms with Gasteiger partial charge in [0.05, 0.1) is 5.02 Å². The second kappa shape index (κ2) is 8.70. The van der Waals surface area contributed by atoms with E-state index in [-0.39, 0.29) is 5.02 Å². The topological polar surface area (TPSA) is 0 Å². The molecular weight excluding hydrogens is 343 g/mol. The predicted molar refractivity (Wildman–Crippen MR) is 108 cm³/mol. The smallest absolute Gasteiger partial charge is 0.143 e. The van der Waals surface area contributed by atoms with Gasteiger partial charge < -0.3 is 0 Å². The summed E-state index contributed by atoms with van der Waals surface area (Å²) in [4.78, 5) is 0. The molecule has 0 aliphatic rings. The molecule has 0 unspecified atom stereocenters. The second-order valence-electron chi connectivity index (χ2n) is 6.26. The third-order valence-corrected chi connectivity index (χ3v) is 4.57. The highest BCUT2D eigenvalue weighted by atomic mass is 35.5. The van der Waals surface area contributed by atoms with Gasteiger partial charge >= 0.3 is 0 Å². The Kier molecular flexibility index (Phi) is 6.10. The average Bonchev–Trinajstić information content (AvgIpc) is 2.68. The summed E-state index contributed by atoms with van der Waals surface area (Å²) in [5, 5.41) is 0.112. The molecule has 3 aromatic rings. The van der Waals surface area contributed by atoms with Gasteiger partial charge in [0, 0.05) is 11.1 Å². The largest absolute Gasteiger partial charge is 0.205 e. The van der Waals surface area contributed by atoms with E-state index in [9.17, 15) is 4.39 Å². The first-order chi connectivity index (χ1) is 12.7. The Hall–Kier alpha value is -2.56. The van der Waals surface area contributed by atoms with E-state index < -0.39 is 5.82 Å². The summed E-state index contributed by atoms with van der Waals surface area (Å²) in [6.45, 7) is 2.21. The van der Waals surface area contributed by atoms with E-state index >= 15 is 0 Å². The fourth-order valence-electron chi connectivity index (χ4n) is 2.71. The van der Waals surface area contributed by atoms with E-state index in [0.717, 1.165) is 17.5 Å². The molecule has 0 aliphatic carbocycles. The summed E-state index contributed by atoms with van der Waals surface area (Å²) >= 11 is 5.68. The number of rotatable bonds is 4. The molecule has 0 radical (unpaired) electrons.